The second-order valence-corrected chi connectivity index (χ2v) is 8.61. The molecule has 3 aromatic rings. The molecule has 0 amide bonds. The number of carbonyl (C=O) groups is 1. The molecule has 1 aliphatic heterocycles. The average molecular weight is 487 g/mol. The third-order valence-corrected chi connectivity index (χ3v) is 5.99. The molecular formula is C22H20Cl2N6O3. The molecule has 0 aliphatic carbocycles. The second-order valence-electron chi connectivity index (χ2n) is 7.78. The molecule has 0 spiro atoms. The Morgan fingerprint density at radius 3 is 2.64 bits per heavy atom. The van der Waals surface area contributed by atoms with Crippen molar-refractivity contribution >= 4 is 46.3 Å². The summed E-state index contributed by atoms with van der Waals surface area (Å²) in [6, 6.07) is 6.17. The first-order valence-electron chi connectivity index (χ1n) is 10.4. The number of pyridine rings is 2. The molecule has 4 heterocycles. The van der Waals surface area contributed by atoms with Gasteiger partial charge in [0.1, 0.15) is 16.9 Å². The summed E-state index contributed by atoms with van der Waals surface area (Å²) in [5, 5.41) is 22.6. The summed E-state index contributed by atoms with van der Waals surface area (Å²) in [7, 11) is 0. The highest BCUT2D eigenvalue weighted by atomic mass is 35.5. The fraction of sp³-hybridized carbons (Fsp3) is 0.318. The minimum atomic E-state index is -1.23. The monoisotopic (exact) mass is 486 g/mol. The summed E-state index contributed by atoms with van der Waals surface area (Å²) in [5.41, 5.74) is 0.393. The third kappa shape index (κ3) is 4.45. The SMILES string of the molecule is C[C@@H](Nc1ccc(Cl)nc1C(=O)O)c1cc(Cl)cn2c(=O)c(C#N)c(N3CCCCC3)nc12. The number of piperidine rings is 1. The van der Waals surface area contributed by atoms with Crippen molar-refractivity contribution in [2.75, 3.05) is 23.3 Å². The van der Waals surface area contributed by atoms with E-state index in [0.717, 1.165) is 19.3 Å². The quantitative estimate of drug-likeness (QED) is 0.515. The van der Waals surface area contributed by atoms with Crippen molar-refractivity contribution in [3.63, 3.8) is 0 Å². The maximum Gasteiger partial charge on any atom is 0.356 e. The van der Waals surface area contributed by atoms with Crippen molar-refractivity contribution in [3.05, 3.63) is 61.7 Å². The van der Waals surface area contributed by atoms with Gasteiger partial charge in [-0.2, -0.15) is 5.26 Å². The fourth-order valence-electron chi connectivity index (χ4n) is 4.00. The van der Waals surface area contributed by atoms with Crippen molar-refractivity contribution in [1.82, 2.24) is 14.4 Å². The Balaban J connectivity index is 1.86. The Kier molecular flexibility index (Phi) is 6.40. The van der Waals surface area contributed by atoms with E-state index in [4.69, 9.17) is 28.2 Å². The van der Waals surface area contributed by atoms with Gasteiger partial charge in [-0.1, -0.05) is 23.2 Å². The normalized spacial score (nSPS) is 14.7. The predicted octanol–water partition coefficient (Wildman–Crippen LogP) is 4.13. The summed E-state index contributed by atoms with van der Waals surface area (Å²) in [4.78, 5) is 35.4. The molecule has 2 N–H and O–H groups in total. The smallest absolute Gasteiger partial charge is 0.356 e. The molecule has 1 saturated heterocycles. The molecule has 1 fully saturated rings. The van der Waals surface area contributed by atoms with Gasteiger partial charge >= 0.3 is 5.97 Å². The Morgan fingerprint density at radius 1 is 1.24 bits per heavy atom. The number of carboxylic acids is 1. The first-order valence-corrected chi connectivity index (χ1v) is 11.1. The number of hydrogen-bond acceptors (Lipinski definition) is 7. The van der Waals surface area contributed by atoms with Crippen LogP contribution in [-0.2, 0) is 0 Å². The summed E-state index contributed by atoms with van der Waals surface area (Å²) in [6.45, 7) is 3.22. The zero-order chi connectivity index (χ0) is 23.7. The summed E-state index contributed by atoms with van der Waals surface area (Å²) in [6.07, 6.45) is 4.43. The van der Waals surface area contributed by atoms with Gasteiger partial charge in [-0.25, -0.2) is 14.8 Å². The van der Waals surface area contributed by atoms with E-state index in [0.29, 0.717) is 30.1 Å². The Hall–Kier alpha value is -3.35. The lowest BCUT2D eigenvalue weighted by Gasteiger charge is -2.28. The van der Waals surface area contributed by atoms with Gasteiger partial charge in [-0.05, 0) is 44.4 Å². The number of carboxylic acid groups (broad SMARTS) is 1. The Labute approximate surface area is 199 Å². The fourth-order valence-corrected chi connectivity index (χ4v) is 4.36. The standard InChI is InChI=1S/C22H20Cl2N6O3/c1-12(26-16-5-6-17(24)27-18(16)22(32)33)14-9-13(23)11-30-20(14)28-19(15(10-25)21(30)31)29-7-3-2-4-8-29/h5-6,9,11-12,26H,2-4,7-8H2,1H3,(H,32,33)/t12-/m1/s1. The van der Waals surface area contributed by atoms with Crippen LogP contribution in [0.1, 0.15) is 53.8 Å². The Morgan fingerprint density at radius 2 is 1.97 bits per heavy atom. The van der Waals surface area contributed by atoms with E-state index in [2.05, 4.69) is 10.3 Å². The van der Waals surface area contributed by atoms with E-state index < -0.39 is 17.6 Å². The van der Waals surface area contributed by atoms with E-state index in [-0.39, 0.29) is 27.1 Å². The summed E-state index contributed by atoms with van der Waals surface area (Å²) in [5.74, 6) is -0.874. The molecule has 0 aromatic carbocycles. The van der Waals surface area contributed by atoms with Gasteiger partial charge in [-0.3, -0.25) is 9.20 Å². The molecule has 11 heteroatoms. The number of nitrogens with one attached hydrogen (secondary N) is 1. The zero-order valence-electron chi connectivity index (χ0n) is 17.7. The van der Waals surface area contributed by atoms with Gasteiger partial charge in [-0.15, -0.1) is 0 Å². The first-order chi connectivity index (χ1) is 15.8. The van der Waals surface area contributed by atoms with E-state index >= 15 is 0 Å². The van der Waals surface area contributed by atoms with Crippen LogP contribution in [0.2, 0.25) is 10.2 Å². The molecule has 9 nitrogen and oxygen atoms in total. The largest absolute Gasteiger partial charge is 0.476 e. The van der Waals surface area contributed by atoms with Crippen LogP contribution in [0, 0.1) is 11.3 Å². The predicted molar refractivity (Wildman–Crippen MR) is 125 cm³/mol. The van der Waals surface area contributed by atoms with Gasteiger partial charge in [0.25, 0.3) is 5.56 Å². The highest BCUT2D eigenvalue weighted by Crippen LogP contribution is 2.29. The molecule has 3 aromatic heterocycles. The number of aromatic carboxylic acids is 1. The van der Waals surface area contributed by atoms with E-state index in [1.807, 2.05) is 11.0 Å². The number of aromatic nitrogens is 3. The molecule has 0 bridgehead atoms. The number of halogens is 2. The first kappa shape index (κ1) is 22.8. The number of fused-ring (bicyclic) bond motifs is 1. The van der Waals surface area contributed by atoms with Gasteiger partial charge in [0.15, 0.2) is 17.1 Å². The number of nitriles is 1. The van der Waals surface area contributed by atoms with Crippen molar-refractivity contribution in [3.8, 4) is 6.07 Å². The molecule has 0 radical (unpaired) electrons. The van der Waals surface area contributed by atoms with Crippen LogP contribution in [0.4, 0.5) is 11.5 Å². The molecule has 0 unspecified atom stereocenters. The summed E-state index contributed by atoms with van der Waals surface area (Å²) < 4.78 is 1.26. The van der Waals surface area contributed by atoms with Crippen molar-refractivity contribution in [1.29, 1.82) is 5.26 Å². The average Bonchev–Trinajstić information content (AvgIpc) is 2.80. The molecule has 4 rings (SSSR count). The molecule has 1 atom stereocenters. The minimum Gasteiger partial charge on any atom is -0.476 e. The second kappa shape index (κ2) is 9.25. The lowest BCUT2D eigenvalue weighted by molar-refractivity contribution is 0.0691. The van der Waals surface area contributed by atoms with Crippen LogP contribution >= 0.6 is 23.2 Å². The van der Waals surface area contributed by atoms with Crippen LogP contribution in [-0.4, -0.2) is 38.5 Å². The van der Waals surface area contributed by atoms with Crippen molar-refractivity contribution in [2.24, 2.45) is 0 Å². The van der Waals surface area contributed by atoms with Gasteiger partial charge in [0.05, 0.1) is 16.8 Å². The number of rotatable bonds is 5. The highest BCUT2D eigenvalue weighted by Gasteiger charge is 2.24. The van der Waals surface area contributed by atoms with E-state index in [1.165, 1.54) is 22.7 Å². The third-order valence-electron chi connectivity index (χ3n) is 5.57. The topological polar surface area (TPSA) is 124 Å². The highest BCUT2D eigenvalue weighted by molar-refractivity contribution is 6.30. The van der Waals surface area contributed by atoms with Crippen LogP contribution in [0.5, 0.6) is 0 Å². The van der Waals surface area contributed by atoms with Gasteiger partial charge in [0, 0.05) is 24.8 Å². The molecule has 1 aliphatic rings. The van der Waals surface area contributed by atoms with Crippen LogP contribution in [0.25, 0.3) is 5.65 Å². The number of anilines is 2. The number of hydrogen-bond donors (Lipinski definition) is 2. The summed E-state index contributed by atoms with van der Waals surface area (Å²) >= 11 is 12.1. The van der Waals surface area contributed by atoms with E-state index in [1.54, 1.807) is 13.0 Å². The maximum atomic E-state index is 13.2. The lowest BCUT2D eigenvalue weighted by Crippen LogP contribution is -2.34. The van der Waals surface area contributed by atoms with Crippen LogP contribution in [0.15, 0.2) is 29.2 Å². The van der Waals surface area contributed by atoms with E-state index in [9.17, 15) is 20.0 Å². The van der Waals surface area contributed by atoms with Crippen molar-refractivity contribution < 1.29 is 9.90 Å². The Bertz CT molecular complexity index is 1340. The van der Waals surface area contributed by atoms with Gasteiger partial charge < -0.3 is 15.3 Å². The molecule has 0 saturated carbocycles. The van der Waals surface area contributed by atoms with Crippen LogP contribution in [0.3, 0.4) is 0 Å². The van der Waals surface area contributed by atoms with Gasteiger partial charge in [0.2, 0.25) is 0 Å². The van der Waals surface area contributed by atoms with Crippen LogP contribution < -0.4 is 15.8 Å². The minimum absolute atomic E-state index is 0.0294. The molecule has 33 heavy (non-hydrogen) atoms. The molecular weight excluding hydrogens is 467 g/mol. The van der Waals surface area contributed by atoms with Crippen molar-refractivity contribution in [2.45, 2.75) is 32.2 Å². The lowest BCUT2D eigenvalue weighted by atomic mass is 10.1. The molecule has 170 valence electrons. The maximum absolute atomic E-state index is 13.2. The number of nitrogens with zero attached hydrogens (tertiary/aromatic N) is 5. The zero-order valence-corrected chi connectivity index (χ0v) is 19.2.